The third kappa shape index (κ3) is 3.22. The quantitative estimate of drug-likeness (QED) is 0.921. The van der Waals surface area contributed by atoms with E-state index in [1.54, 1.807) is 6.33 Å². The zero-order valence-electron chi connectivity index (χ0n) is 11.4. The van der Waals surface area contributed by atoms with Gasteiger partial charge in [-0.05, 0) is 17.7 Å². The summed E-state index contributed by atoms with van der Waals surface area (Å²) >= 11 is 0. The Balaban J connectivity index is 2.23. The van der Waals surface area contributed by atoms with Gasteiger partial charge < -0.3 is 9.67 Å². The molecule has 0 unspecified atom stereocenters. The van der Waals surface area contributed by atoms with Crippen molar-refractivity contribution in [2.24, 2.45) is 0 Å². The minimum atomic E-state index is -0.814. The molecule has 2 rings (SSSR count). The molecule has 0 atom stereocenters. The van der Waals surface area contributed by atoms with E-state index in [9.17, 15) is 4.79 Å². The Kier molecular flexibility index (Phi) is 3.42. The first-order chi connectivity index (χ1) is 8.86. The van der Waals surface area contributed by atoms with Crippen molar-refractivity contribution in [1.29, 1.82) is 0 Å². The van der Waals surface area contributed by atoms with Crippen LogP contribution in [0, 0.1) is 0 Å². The summed E-state index contributed by atoms with van der Waals surface area (Å²) in [7, 11) is 0. The maximum Gasteiger partial charge on any atom is 0.307 e. The fourth-order valence-electron chi connectivity index (χ4n) is 1.81. The second-order valence-electron chi connectivity index (χ2n) is 5.65. The number of hydrogen-bond acceptors (Lipinski definition) is 2. The van der Waals surface area contributed by atoms with Crippen LogP contribution in [0.5, 0.6) is 0 Å². The summed E-state index contributed by atoms with van der Waals surface area (Å²) in [5.74, 6) is -0.814. The van der Waals surface area contributed by atoms with E-state index < -0.39 is 5.97 Å². The van der Waals surface area contributed by atoms with Gasteiger partial charge in [0.05, 0.1) is 18.4 Å². The van der Waals surface area contributed by atoms with Crippen LogP contribution in [0.25, 0.3) is 5.69 Å². The van der Waals surface area contributed by atoms with Gasteiger partial charge in [-0.25, -0.2) is 4.98 Å². The Labute approximate surface area is 112 Å². The van der Waals surface area contributed by atoms with Crippen LogP contribution in [0.2, 0.25) is 0 Å². The standard InChI is InChI=1S/C15H18N2O2/c1-15(2,3)13-9-17(10-16-13)12-6-4-11(5-7-12)8-14(18)19/h4-7,9-10H,8H2,1-3H3,(H,18,19). The molecule has 0 aliphatic rings. The second kappa shape index (κ2) is 4.88. The van der Waals surface area contributed by atoms with Crippen molar-refractivity contribution in [2.75, 3.05) is 0 Å². The number of rotatable bonds is 3. The molecule has 0 bridgehead atoms. The van der Waals surface area contributed by atoms with Gasteiger partial charge in [0, 0.05) is 17.3 Å². The molecule has 1 N–H and O–H groups in total. The van der Waals surface area contributed by atoms with Crippen molar-refractivity contribution in [3.8, 4) is 5.69 Å². The molecule has 0 saturated heterocycles. The van der Waals surface area contributed by atoms with Crippen LogP contribution in [0.15, 0.2) is 36.8 Å². The van der Waals surface area contributed by atoms with E-state index in [1.807, 2.05) is 35.0 Å². The van der Waals surface area contributed by atoms with Crippen molar-refractivity contribution >= 4 is 5.97 Å². The van der Waals surface area contributed by atoms with E-state index >= 15 is 0 Å². The highest BCUT2D eigenvalue weighted by atomic mass is 16.4. The highest BCUT2D eigenvalue weighted by Gasteiger charge is 2.16. The van der Waals surface area contributed by atoms with Gasteiger partial charge in [-0.15, -0.1) is 0 Å². The molecule has 0 radical (unpaired) electrons. The number of aromatic nitrogens is 2. The number of nitrogens with zero attached hydrogens (tertiary/aromatic N) is 2. The van der Waals surface area contributed by atoms with Gasteiger partial charge in [-0.2, -0.15) is 0 Å². The van der Waals surface area contributed by atoms with E-state index in [1.165, 1.54) is 0 Å². The molecule has 0 aliphatic heterocycles. The number of imidazole rings is 1. The van der Waals surface area contributed by atoms with Gasteiger partial charge in [-0.1, -0.05) is 32.9 Å². The van der Waals surface area contributed by atoms with Crippen molar-refractivity contribution in [2.45, 2.75) is 32.6 Å². The Morgan fingerprint density at radius 1 is 1.26 bits per heavy atom. The lowest BCUT2D eigenvalue weighted by atomic mass is 9.93. The Morgan fingerprint density at radius 2 is 1.89 bits per heavy atom. The lowest BCUT2D eigenvalue weighted by molar-refractivity contribution is -0.136. The van der Waals surface area contributed by atoms with Crippen LogP contribution in [0.1, 0.15) is 32.0 Å². The second-order valence-corrected chi connectivity index (χ2v) is 5.65. The molecule has 0 fully saturated rings. The Bertz CT molecular complexity index is 577. The van der Waals surface area contributed by atoms with Crippen molar-refractivity contribution in [1.82, 2.24) is 9.55 Å². The lowest BCUT2D eigenvalue weighted by Crippen LogP contribution is -2.11. The SMILES string of the molecule is CC(C)(C)c1cn(-c2ccc(CC(=O)O)cc2)cn1. The maximum atomic E-state index is 10.6. The van der Waals surface area contributed by atoms with Gasteiger partial charge in [-0.3, -0.25) is 4.79 Å². The number of carbonyl (C=O) groups is 1. The number of carboxylic acid groups (broad SMARTS) is 1. The monoisotopic (exact) mass is 258 g/mol. The third-order valence-corrected chi connectivity index (χ3v) is 2.94. The summed E-state index contributed by atoms with van der Waals surface area (Å²) in [4.78, 5) is 15.0. The molecule has 19 heavy (non-hydrogen) atoms. The fraction of sp³-hybridized carbons (Fsp3) is 0.333. The molecule has 0 saturated carbocycles. The van der Waals surface area contributed by atoms with Gasteiger partial charge in [0.1, 0.15) is 0 Å². The maximum absolute atomic E-state index is 10.6. The van der Waals surface area contributed by atoms with Crippen molar-refractivity contribution in [3.63, 3.8) is 0 Å². The van der Waals surface area contributed by atoms with Crippen LogP contribution in [-0.2, 0) is 16.6 Å². The highest BCUT2D eigenvalue weighted by Crippen LogP contribution is 2.21. The largest absolute Gasteiger partial charge is 0.481 e. The Morgan fingerprint density at radius 3 is 2.37 bits per heavy atom. The first-order valence-corrected chi connectivity index (χ1v) is 6.22. The molecule has 2 aromatic rings. The summed E-state index contributed by atoms with van der Waals surface area (Å²) in [6.07, 6.45) is 3.84. The summed E-state index contributed by atoms with van der Waals surface area (Å²) in [5.41, 5.74) is 2.83. The predicted molar refractivity (Wildman–Crippen MR) is 73.6 cm³/mol. The van der Waals surface area contributed by atoms with Crippen LogP contribution in [0.4, 0.5) is 0 Å². The highest BCUT2D eigenvalue weighted by molar-refractivity contribution is 5.70. The van der Waals surface area contributed by atoms with Gasteiger partial charge in [0.25, 0.3) is 0 Å². The molecule has 1 aromatic heterocycles. The third-order valence-electron chi connectivity index (χ3n) is 2.94. The number of aliphatic carboxylic acids is 1. The molecule has 0 spiro atoms. The number of benzene rings is 1. The first kappa shape index (κ1) is 13.3. The van der Waals surface area contributed by atoms with E-state index in [2.05, 4.69) is 25.8 Å². The molecule has 4 heteroatoms. The molecule has 1 aromatic carbocycles. The molecule has 100 valence electrons. The Hall–Kier alpha value is -2.10. The van der Waals surface area contributed by atoms with E-state index in [4.69, 9.17) is 5.11 Å². The molecular weight excluding hydrogens is 240 g/mol. The zero-order chi connectivity index (χ0) is 14.0. The minimum Gasteiger partial charge on any atom is -0.481 e. The van der Waals surface area contributed by atoms with E-state index in [0.717, 1.165) is 16.9 Å². The fourth-order valence-corrected chi connectivity index (χ4v) is 1.81. The van der Waals surface area contributed by atoms with Crippen LogP contribution < -0.4 is 0 Å². The predicted octanol–water partition coefficient (Wildman–Crippen LogP) is 2.80. The molecule has 0 amide bonds. The summed E-state index contributed by atoms with van der Waals surface area (Å²) in [6.45, 7) is 6.36. The first-order valence-electron chi connectivity index (χ1n) is 6.22. The lowest BCUT2D eigenvalue weighted by Gasteiger charge is -2.14. The minimum absolute atomic E-state index is 0.0223. The van der Waals surface area contributed by atoms with E-state index in [-0.39, 0.29) is 11.8 Å². The smallest absolute Gasteiger partial charge is 0.307 e. The molecule has 0 aliphatic carbocycles. The molecule has 4 nitrogen and oxygen atoms in total. The topological polar surface area (TPSA) is 55.1 Å². The number of carboxylic acids is 1. The molecule has 1 heterocycles. The van der Waals surface area contributed by atoms with Gasteiger partial charge >= 0.3 is 5.97 Å². The summed E-state index contributed by atoms with van der Waals surface area (Å²) in [6, 6.07) is 7.49. The van der Waals surface area contributed by atoms with Crippen LogP contribution in [-0.4, -0.2) is 20.6 Å². The summed E-state index contributed by atoms with van der Waals surface area (Å²) in [5, 5.41) is 8.73. The summed E-state index contributed by atoms with van der Waals surface area (Å²) < 4.78 is 1.95. The van der Waals surface area contributed by atoms with Crippen molar-refractivity contribution in [3.05, 3.63) is 48.0 Å². The zero-order valence-corrected chi connectivity index (χ0v) is 11.4. The van der Waals surface area contributed by atoms with Crippen molar-refractivity contribution < 1.29 is 9.90 Å². The van der Waals surface area contributed by atoms with Gasteiger partial charge in [0.15, 0.2) is 0 Å². The normalized spacial score (nSPS) is 11.5. The molecular formula is C15H18N2O2. The number of hydrogen-bond donors (Lipinski definition) is 1. The average molecular weight is 258 g/mol. The van der Waals surface area contributed by atoms with Crippen LogP contribution in [0.3, 0.4) is 0 Å². The van der Waals surface area contributed by atoms with Crippen LogP contribution >= 0.6 is 0 Å². The van der Waals surface area contributed by atoms with E-state index in [0.29, 0.717) is 0 Å². The average Bonchev–Trinajstić information content (AvgIpc) is 2.78. The van der Waals surface area contributed by atoms with Gasteiger partial charge in [0.2, 0.25) is 0 Å².